The summed E-state index contributed by atoms with van der Waals surface area (Å²) in [7, 11) is 1.69. The minimum Gasteiger partial charge on any atom is -0.496 e. The predicted octanol–water partition coefficient (Wildman–Crippen LogP) is 3.40. The first-order valence-corrected chi connectivity index (χ1v) is 5.86. The van der Waals surface area contributed by atoms with E-state index in [1.54, 1.807) is 7.11 Å². The van der Waals surface area contributed by atoms with Crippen molar-refractivity contribution in [2.75, 3.05) is 7.11 Å². The van der Waals surface area contributed by atoms with Crippen molar-refractivity contribution in [1.29, 1.82) is 0 Å². The summed E-state index contributed by atoms with van der Waals surface area (Å²) in [6, 6.07) is 6.33. The number of benzene rings is 1. The van der Waals surface area contributed by atoms with Gasteiger partial charge in [0.15, 0.2) is 0 Å². The van der Waals surface area contributed by atoms with E-state index in [4.69, 9.17) is 10.5 Å². The van der Waals surface area contributed by atoms with E-state index in [-0.39, 0.29) is 11.5 Å². The fourth-order valence-electron chi connectivity index (χ4n) is 1.72. The highest BCUT2D eigenvalue weighted by Gasteiger charge is 2.20. The van der Waals surface area contributed by atoms with E-state index in [0.717, 1.165) is 17.7 Å². The zero-order valence-corrected chi connectivity index (χ0v) is 11.0. The summed E-state index contributed by atoms with van der Waals surface area (Å²) in [6.07, 6.45) is 1.11. The largest absolute Gasteiger partial charge is 0.496 e. The van der Waals surface area contributed by atoms with E-state index in [9.17, 15) is 0 Å². The quantitative estimate of drug-likeness (QED) is 0.845. The van der Waals surface area contributed by atoms with Crippen molar-refractivity contribution in [3.05, 3.63) is 29.3 Å². The summed E-state index contributed by atoms with van der Waals surface area (Å²) < 4.78 is 5.33. The Morgan fingerprint density at radius 2 is 2.00 bits per heavy atom. The van der Waals surface area contributed by atoms with Gasteiger partial charge in [0.25, 0.3) is 0 Å². The normalized spacial score (nSPS) is 13.6. The zero-order valence-electron chi connectivity index (χ0n) is 11.0. The molecule has 1 unspecified atom stereocenters. The Bertz CT molecular complexity index is 356. The van der Waals surface area contributed by atoms with Gasteiger partial charge in [0.2, 0.25) is 0 Å². The van der Waals surface area contributed by atoms with Gasteiger partial charge in [-0.1, -0.05) is 32.9 Å². The minimum absolute atomic E-state index is 0.00237. The van der Waals surface area contributed by atoms with Gasteiger partial charge in [-0.25, -0.2) is 0 Å². The Kier molecular flexibility index (Phi) is 3.98. The molecule has 2 nitrogen and oxygen atoms in total. The van der Waals surface area contributed by atoms with E-state index in [0.29, 0.717) is 0 Å². The second kappa shape index (κ2) is 4.88. The molecule has 0 saturated carbocycles. The van der Waals surface area contributed by atoms with Gasteiger partial charge >= 0.3 is 0 Å². The fraction of sp³-hybridized carbons (Fsp3) is 0.571. The molecule has 2 heteroatoms. The molecule has 1 aromatic carbocycles. The van der Waals surface area contributed by atoms with Crippen molar-refractivity contribution in [2.45, 2.75) is 45.6 Å². The Morgan fingerprint density at radius 3 is 2.44 bits per heavy atom. The Morgan fingerprint density at radius 1 is 1.38 bits per heavy atom. The second-order valence-electron chi connectivity index (χ2n) is 4.98. The number of nitrogens with two attached hydrogens (primary N) is 1. The Hall–Kier alpha value is -1.02. The summed E-state index contributed by atoms with van der Waals surface area (Å²) in [5, 5.41) is 0. The number of ether oxygens (including phenoxy) is 1. The Labute approximate surface area is 98.8 Å². The summed E-state index contributed by atoms with van der Waals surface area (Å²) in [5.41, 5.74) is 8.56. The van der Waals surface area contributed by atoms with Crippen LogP contribution in [0.2, 0.25) is 0 Å². The van der Waals surface area contributed by atoms with Crippen LogP contribution in [0.1, 0.15) is 51.3 Å². The van der Waals surface area contributed by atoms with Gasteiger partial charge in [0, 0.05) is 11.6 Å². The van der Waals surface area contributed by atoms with Gasteiger partial charge in [-0.2, -0.15) is 0 Å². The molecule has 16 heavy (non-hydrogen) atoms. The van der Waals surface area contributed by atoms with E-state index in [1.165, 1.54) is 5.56 Å². The number of hydrogen-bond donors (Lipinski definition) is 1. The highest BCUT2D eigenvalue weighted by atomic mass is 16.5. The third-order valence-corrected chi connectivity index (χ3v) is 3.39. The van der Waals surface area contributed by atoms with Gasteiger partial charge in [-0.05, 0) is 30.4 Å². The first-order valence-electron chi connectivity index (χ1n) is 5.86. The van der Waals surface area contributed by atoms with Crippen LogP contribution in [0, 0.1) is 0 Å². The van der Waals surface area contributed by atoms with Gasteiger partial charge < -0.3 is 10.5 Å². The van der Waals surface area contributed by atoms with Gasteiger partial charge in [-0.3, -0.25) is 0 Å². The number of rotatable bonds is 4. The van der Waals surface area contributed by atoms with Crippen LogP contribution in [0.25, 0.3) is 0 Å². The van der Waals surface area contributed by atoms with Gasteiger partial charge in [0.1, 0.15) is 5.75 Å². The molecule has 90 valence electrons. The Balaban J connectivity index is 3.22. The lowest BCUT2D eigenvalue weighted by Gasteiger charge is -2.25. The highest BCUT2D eigenvalue weighted by molar-refractivity contribution is 5.41. The lowest BCUT2D eigenvalue weighted by molar-refractivity contribution is 0.405. The maximum Gasteiger partial charge on any atom is 0.123 e. The van der Waals surface area contributed by atoms with Crippen LogP contribution in [0.3, 0.4) is 0 Å². The SMILES string of the molecule is CCC(C)(C)c1ccc(OC)c(C(C)N)c1. The van der Waals surface area contributed by atoms with E-state index < -0.39 is 0 Å². The molecule has 0 fully saturated rings. The lowest BCUT2D eigenvalue weighted by Crippen LogP contribution is -2.17. The van der Waals surface area contributed by atoms with E-state index in [2.05, 4.69) is 32.9 Å². The molecule has 0 saturated heterocycles. The van der Waals surface area contributed by atoms with Gasteiger partial charge in [-0.15, -0.1) is 0 Å². The first-order chi connectivity index (χ1) is 7.42. The van der Waals surface area contributed by atoms with Crippen molar-refractivity contribution in [1.82, 2.24) is 0 Å². The minimum atomic E-state index is 0.00237. The third-order valence-electron chi connectivity index (χ3n) is 3.39. The van der Waals surface area contributed by atoms with Crippen molar-refractivity contribution in [2.24, 2.45) is 5.73 Å². The second-order valence-corrected chi connectivity index (χ2v) is 4.98. The van der Waals surface area contributed by atoms with Crippen LogP contribution in [-0.2, 0) is 5.41 Å². The monoisotopic (exact) mass is 221 g/mol. The molecular formula is C14H23NO. The fourth-order valence-corrected chi connectivity index (χ4v) is 1.72. The summed E-state index contributed by atoms with van der Waals surface area (Å²) in [6.45, 7) is 8.69. The standard InChI is InChI=1S/C14H23NO/c1-6-14(3,4)11-7-8-13(16-5)12(9-11)10(2)15/h7-10H,6,15H2,1-5H3. The maximum absolute atomic E-state index is 5.96. The number of hydrogen-bond acceptors (Lipinski definition) is 2. The molecule has 1 rings (SSSR count). The van der Waals surface area contributed by atoms with Crippen molar-refractivity contribution in [3.8, 4) is 5.75 Å². The summed E-state index contributed by atoms with van der Waals surface area (Å²) in [4.78, 5) is 0. The van der Waals surface area contributed by atoms with Crippen LogP contribution < -0.4 is 10.5 Å². The van der Waals surface area contributed by atoms with Crippen LogP contribution >= 0.6 is 0 Å². The predicted molar refractivity (Wildman–Crippen MR) is 68.9 cm³/mol. The average molecular weight is 221 g/mol. The zero-order chi connectivity index (χ0) is 12.3. The molecule has 1 aromatic rings. The average Bonchev–Trinajstić information content (AvgIpc) is 2.28. The van der Waals surface area contributed by atoms with Gasteiger partial charge in [0.05, 0.1) is 7.11 Å². The third kappa shape index (κ3) is 2.56. The number of methoxy groups -OCH3 is 1. The van der Waals surface area contributed by atoms with E-state index >= 15 is 0 Å². The van der Waals surface area contributed by atoms with Crippen molar-refractivity contribution < 1.29 is 4.74 Å². The molecule has 0 heterocycles. The molecule has 0 aliphatic heterocycles. The highest BCUT2D eigenvalue weighted by Crippen LogP contribution is 2.32. The molecule has 0 spiro atoms. The summed E-state index contributed by atoms with van der Waals surface area (Å²) >= 11 is 0. The molecule has 0 radical (unpaired) electrons. The van der Waals surface area contributed by atoms with E-state index in [1.807, 2.05) is 13.0 Å². The molecule has 2 N–H and O–H groups in total. The first kappa shape index (κ1) is 13.0. The molecular weight excluding hydrogens is 198 g/mol. The van der Waals surface area contributed by atoms with Crippen molar-refractivity contribution >= 4 is 0 Å². The van der Waals surface area contributed by atoms with Crippen LogP contribution in [0.4, 0.5) is 0 Å². The molecule has 0 aromatic heterocycles. The van der Waals surface area contributed by atoms with Crippen LogP contribution in [-0.4, -0.2) is 7.11 Å². The molecule has 1 atom stereocenters. The molecule has 0 bridgehead atoms. The topological polar surface area (TPSA) is 35.2 Å². The smallest absolute Gasteiger partial charge is 0.123 e. The molecule has 0 aliphatic carbocycles. The van der Waals surface area contributed by atoms with Crippen LogP contribution in [0.15, 0.2) is 18.2 Å². The maximum atomic E-state index is 5.96. The summed E-state index contributed by atoms with van der Waals surface area (Å²) in [5.74, 6) is 0.880. The van der Waals surface area contributed by atoms with Crippen LogP contribution in [0.5, 0.6) is 5.75 Å². The van der Waals surface area contributed by atoms with Crippen molar-refractivity contribution in [3.63, 3.8) is 0 Å². The molecule has 0 amide bonds. The molecule has 0 aliphatic rings. The lowest BCUT2D eigenvalue weighted by atomic mass is 9.81.